The summed E-state index contributed by atoms with van der Waals surface area (Å²) in [5.41, 5.74) is 3.37. The predicted octanol–water partition coefficient (Wildman–Crippen LogP) is 1.64. The second-order valence-corrected chi connectivity index (χ2v) is 4.92. The first-order valence-electron chi connectivity index (χ1n) is 6.21. The molecule has 0 bridgehead atoms. The topological polar surface area (TPSA) is 52.6 Å². The van der Waals surface area contributed by atoms with Crippen LogP contribution in [0.1, 0.15) is 40.4 Å². The molecule has 0 radical (unpaired) electrons. The minimum Gasteiger partial charge on any atom is -0.296 e. The van der Waals surface area contributed by atoms with E-state index in [1.165, 1.54) is 6.07 Å². The molecule has 2 aliphatic rings. The van der Waals surface area contributed by atoms with E-state index >= 15 is 0 Å². The van der Waals surface area contributed by atoms with Crippen LogP contribution < -0.4 is 5.48 Å². The van der Waals surface area contributed by atoms with Crippen molar-refractivity contribution in [2.45, 2.75) is 25.3 Å². The molecule has 1 aromatic rings. The van der Waals surface area contributed by atoms with E-state index < -0.39 is 5.91 Å². The minimum absolute atomic E-state index is 0.167. The molecule has 1 unspecified atom stereocenters. The van der Waals surface area contributed by atoms with Crippen molar-refractivity contribution in [3.63, 3.8) is 0 Å². The summed E-state index contributed by atoms with van der Waals surface area (Å²) in [6, 6.07) is 3.08. The number of amides is 1. The van der Waals surface area contributed by atoms with Gasteiger partial charge in [0.15, 0.2) is 0 Å². The maximum absolute atomic E-state index is 14.2. The van der Waals surface area contributed by atoms with Gasteiger partial charge in [-0.2, -0.15) is 0 Å². The number of nitrogens with zero attached hydrogens (tertiary/aromatic N) is 1. The van der Waals surface area contributed by atoms with Crippen molar-refractivity contribution < 1.29 is 14.4 Å². The maximum Gasteiger partial charge on any atom is 0.274 e. The van der Waals surface area contributed by atoms with E-state index in [0.29, 0.717) is 0 Å². The molecular weight excluding hydrogens is 235 g/mol. The van der Waals surface area contributed by atoms with E-state index in [1.54, 1.807) is 11.5 Å². The number of nitrogens with one attached hydrogen (secondary N) is 1. The lowest BCUT2D eigenvalue weighted by Crippen LogP contribution is -2.32. The average Bonchev–Trinajstić information content (AvgIpc) is 2.85. The maximum atomic E-state index is 14.2. The molecule has 0 aliphatic carbocycles. The van der Waals surface area contributed by atoms with Gasteiger partial charge in [0.1, 0.15) is 5.82 Å². The van der Waals surface area contributed by atoms with Crippen molar-refractivity contribution in [3.8, 4) is 0 Å². The molecule has 1 aromatic carbocycles. The third-order valence-electron chi connectivity index (χ3n) is 3.94. The minimum atomic E-state index is -0.662. The summed E-state index contributed by atoms with van der Waals surface area (Å²) < 4.78 is 14.2. The lowest BCUT2D eigenvalue weighted by atomic mass is 9.90. The Morgan fingerprint density at radius 1 is 1.44 bits per heavy atom. The van der Waals surface area contributed by atoms with Crippen molar-refractivity contribution in [1.82, 2.24) is 10.4 Å². The number of carbonyl (C=O) groups is 1. The first kappa shape index (κ1) is 11.6. The summed E-state index contributed by atoms with van der Waals surface area (Å²) in [5, 5.41) is 8.60. The number of hydroxylamine groups is 1. The predicted molar refractivity (Wildman–Crippen MR) is 62.9 cm³/mol. The number of rotatable bonds is 1. The van der Waals surface area contributed by atoms with Gasteiger partial charge in [-0.3, -0.25) is 14.9 Å². The largest absolute Gasteiger partial charge is 0.296 e. The van der Waals surface area contributed by atoms with Crippen molar-refractivity contribution >= 4 is 5.91 Å². The van der Waals surface area contributed by atoms with Gasteiger partial charge in [-0.1, -0.05) is 0 Å². The molecule has 2 heterocycles. The molecule has 1 atom stereocenters. The standard InChI is InChI=1S/C13H15FN2O2/c14-10-7-9(13(17)15-18)6-8-3-5-16-4-1-2-11(16)12(8)10/h6-7,11,18H,1-5H2,(H,15,17). The van der Waals surface area contributed by atoms with Crippen LogP contribution in [0.4, 0.5) is 4.39 Å². The summed E-state index contributed by atoms with van der Waals surface area (Å²) >= 11 is 0. The number of fused-ring (bicyclic) bond motifs is 3. The molecule has 4 nitrogen and oxygen atoms in total. The van der Waals surface area contributed by atoms with Gasteiger partial charge in [0.2, 0.25) is 0 Å². The highest BCUT2D eigenvalue weighted by atomic mass is 19.1. The van der Waals surface area contributed by atoms with Gasteiger partial charge in [-0.05, 0) is 43.5 Å². The van der Waals surface area contributed by atoms with Crippen LogP contribution in [0.2, 0.25) is 0 Å². The van der Waals surface area contributed by atoms with Crippen LogP contribution in [0.15, 0.2) is 12.1 Å². The van der Waals surface area contributed by atoms with Crippen molar-refractivity contribution in [3.05, 3.63) is 34.6 Å². The molecule has 18 heavy (non-hydrogen) atoms. The SMILES string of the molecule is O=C(NO)c1cc(F)c2c(c1)CCN1CCCC21. The highest BCUT2D eigenvalue weighted by molar-refractivity contribution is 5.93. The fourth-order valence-corrected chi connectivity index (χ4v) is 3.14. The lowest BCUT2D eigenvalue weighted by Gasteiger charge is -2.32. The van der Waals surface area contributed by atoms with Crippen LogP contribution in [0.25, 0.3) is 0 Å². The molecule has 0 aromatic heterocycles. The fraction of sp³-hybridized carbons (Fsp3) is 0.462. The highest BCUT2D eigenvalue weighted by Gasteiger charge is 2.33. The number of carbonyl (C=O) groups excluding carboxylic acids is 1. The summed E-state index contributed by atoms with van der Waals surface area (Å²) in [6.45, 7) is 1.95. The Kier molecular flexibility index (Phi) is 2.80. The second-order valence-electron chi connectivity index (χ2n) is 4.92. The molecule has 2 aliphatic heterocycles. The van der Waals surface area contributed by atoms with E-state index in [0.717, 1.165) is 43.5 Å². The number of halogens is 1. The molecule has 96 valence electrons. The molecule has 3 rings (SSSR count). The van der Waals surface area contributed by atoms with Crippen LogP contribution in [0, 0.1) is 5.82 Å². The Morgan fingerprint density at radius 3 is 3.06 bits per heavy atom. The summed E-state index contributed by atoms with van der Waals surface area (Å²) in [6.07, 6.45) is 2.84. The summed E-state index contributed by atoms with van der Waals surface area (Å²) in [7, 11) is 0. The first-order valence-corrected chi connectivity index (χ1v) is 6.21. The molecular formula is C13H15FN2O2. The monoisotopic (exact) mass is 250 g/mol. The van der Waals surface area contributed by atoms with Crippen LogP contribution in [-0.2, 0) is 6.42 Å². The van der Waals surface area contributed by atoms with Gasteiger partial charge >= 0.3 is 0 Å². The lowest BCUT2D eigenvalue weighted by molar-refractivity contribution is 0.0705. The Balaban J connectivity index is 2.05. The zero-order valence-electron chi connectivity index (χ0n) is 9.95. The summed E-state index contributed by atoms with van der Waals surface area (Å²) in [4.78, 5) is 13.6. The number of hydrogen-bond donors (Lipinski definition) is 2. The fourth-order valence-electron chi connectivity index (χ4n) is 3.14. The third kappa shape index (κ3) is 1.71. The van der Waals surface area contributed by atoms with Crippen LogP contribution in [-0.4, -0.2) is 29.1 Å². The van der Waals surface area contributed by atoms with Gasteiger partial charge in [-0.15, -0.1) is 0 Å². The normalized spacial score (nSPS) is 22.4. The van der Waals surface area contributed by atoms with Crippen LogP contribution in [0.5, 0.6) is 0 Å². The van der Waals surface area contributed by atoms with Crippen LogP contribution in [0.3, 0.4) is 0 Å². The van der Waals surface area contributed by atoms with Crippen molar-refractivity contribution in [2.75, 3.05) is 13.1 Å². The molecule has 0 saturated carbocycles. The van der Waals surface area contributed by atoms with Gasteiger partial charge in [0.25, 0.3) is 5.91 Å². The Hall–Kier alpha value is -1.46. The van der Waals surface area contributed by atoms with Crippen LogP contribution >= 0.6 is 0 Å². The zero-order chi connectivity index (χ0) is 12.7. The average molecular weight is 250 g/mol. The van der Waals surface area contributed by atoms with E-state index in [4.69, 9.17) is 5.21 Å². The van der Waals surface area contributed by atoms with E-state index in [2.05, 4.69) is 4.90 Å². The number of benzene rings is 1. The molecule has 2 N–H and O–H groups in total. The zero-order valence-corrected chi connectivity index (χ0v) is 9.95. The molecule has 0 spiro atoms. The van der Waals surface area contributed by atoms with Gasteiger partial charge in [-0.25, -0.2) is 9.87 Å². The summed E-state index contributed by atoms with van der Waals surface area (Å²) in [5.74, 6) is -0.992. The first-order chi connectivity index (χ1) is 8.70. The molecule has 1 fully saturated rings. The number of hydrogen-bond acceptors (Lipinski definition) is 3. The molecule has 1 saturated heterocycles. The Labute approximate surface area is 104 Å². The smallest absolute Gasteiger partial charge is 0.274 e. The quantitative estimate of drug-likeness (QED) is 0.588. The van der Waals surface area contributed by atoms with Crippen molar-refractivity contribution in [1.29, 1.82) is 0 Å². The second kappa shape index (κ2) is 4.33. The van der Waals surface area contributed by atoms with Crippen molar-refractivity contribution in [2.24, 2.45) is 0 Å². The Morgan fingerprint density at radius 2 is 2.28 bits per heavy atom. The van der Waals surface area contributed by atoms with Gasteiger partial charge < -0.3 is 0 Å². The van der Waals surface area contributed by atoms with Gasteiger partial charge in [0.05, 0.1) is 0 Å². The third-order valence-corrected chi connectivity index (χ3v) is 3.94. The van der Waals surface area contributed by atoms with E-state index in [9.17, 15) is 9.18 Å². The molecule has 1 amide bonds. The Bertz CT molecular complexity index is 504. The highest BCUT2D eigenvalue weighted by Crippen LogP contribution is 2.39. The van der Waals surface area contributed by atoms with E-state index in [1.807, 2.05) is 0 Å². The molecule has 5 heteroatoms. The van der Waals surface area contributed by atoms with Gasteiger partial charge in [0, 0.05) is 23.7 Å². The van der Waals surface area contributed by atoms with E-state index in [-0.39, 0.29) is 17.4 Å².